The quantitative estimate of drug-likeness (QED) is 0.789. The molecule has 1 saturated heterocycles. The second kappa shape index (κ2) is 8.59. The van der Waals surface area contributed by atoms with Crippen LogP contribution in [0.15, 0.2) is 0 Å². The van der Waals surface area contributed by atoms with Gasteiger partial charge < -0.3 is 20.3 Å². The predicted octanol–water partition coefficient (Wildman–Crippen LogP) is 2.12. The maximum Gasteiger partial charge on any atom is 0.315 e. The predicted molar refractivity (Wildman–Crippen MR) is 84.5 cm³/mol. The molecule has 0 aromatic carbocycles. The van der Waals surface area contributed by atoms with Gasteiger partial charge in [0.25, 0.3) is 0 Å². The van der Waals surface area contributed by atoms with E-state index in [1.165, 1.54) is 25.7 Å². The highest BCUT2D eigenvalue weighted by molar-refractivity contribution is 5.74. The van der Waals surface area contributed by atoms with E-state index in [2.05, 4.69) is 15.5 Å². The van der Waals surface area contributed by atoms with E-state index in [4.69, 9.17) is 4.74 Å². The van der Waals surface area contributed by atoms with E-state index in [0.717, 1.165) is 38.4 Å². The summed E-state index contributed by atoms with van der Waals surface area (Å²) in [5, 5.41) is 6.10. The van der Waals surface area contributed by atoms with E-state index < -0.39 is 0 Å². The van der Waals surface area contributed by atoms with Crippen LogP contribution < -0.4 is 10.6 Å². The van der Waals surface area contributed by atoms with Crippen molar-refractivity contribution < 1.29 is 9.53 Å². The van der Waals surface area contributed by atoms with Crippen molar-refractivity contribution in [3.63, 3.8) is 0 Å². The van der Waals surface area contributed by atoms with Gasteiger partial charge in [0, 0.05) is 44.9 Å². The molecule has 1 heterocycles. The number of rotatable bonds is 6. The molecule has 2 N–H and O–H groups in total. The van der Waals surface area contributed by atoms with Crippen LogP contribution in [0.25, 0.3) is 0 Å². The highest BCUT2D eigenvalue weighted by Gasteiger charge is 2.27. The Kier molecular flexibility index (Phi) is 6.77. The first kappa shape index (κ1) is 16.6. The summed E-state index contributed by atoms with van der Waals surface area (Å²) in [7, 11) is 1.69. The Labute approximate surface area is 128 Å². The normalized spacial score (nSPS) is 23.1. The number of amides is 2. The number of hydrogen-bond donors (Lipinski definition) is 2. The van der Waals surface area contributed by atoms with Gasteiger partial charge in [0.15, 0.2) is 0 Å². The lowest BCUT2D eigenvalue weighted by molar-refractivity contribution is 0.145. The Morgan fingerprint density at radius 2 is 1.90 bits per heavy atom. The molecule has 1 atom stereocenters. The van der Waals surface area contributed by atoms with Crippen LogP contribution in [0.5, 0.6) is 0 Å². The summed E-state index contributed by atoms with van der Waals surface area (Å²) in [6.07, 6.45) is 8.54. The van der Waals surface area contributed by atoms with E-state index in [-0.39, 0.29) is 12.1 Å². The first-order chi connectivity index (χ1) is 10.2. The fraction of sp³-hybridized carbons (Fsp3) is 0.938. The van der Waals surface area contributed by atoms with Gasteiger partial charge in [-0.15, -0.1) is 0 Å². The molecule has 2 rings (SSSR count). The average molecular weight is 297 g/mol. The molecule has 0 radical (unpaired) electrons. The van der Waals surface area contributed by atoms with Crippen molar-refractivity contribution in [3.05, 3.63) is 0 Å². The fourth-order valence-electron chi connectivity index (χ4n) is 3.50. The van der Waals surface area contributed by atoms with Crippen molar-refractivity contribution >= 4 is 6.03 Å². The van der Waals surface area contributed by atoms with Gasteiger partial charge in [0.1, 0.15) is 0 Å². The van der Waals surface area contributed by atoms with E-state index in [9.17, 15) is 4.79 Å². The van der Waals surface area contributed by atoms with E-state index in [0.29, 0.717) is 12.6 Å². The summed E-state index contributed by atoms with van der Waals surface area (Å²) < 4.78 is 5.03. The largest absolute Gasteiger partial charge is 0.385 e. The van der Waals surface area contributed by atoms with E-state index >= 15 is 0 Å². The Morgan fingerprint density at radius 1 is 1.24 bits per heavy atom. The number of hydrogen-bond acceptors (Lipinski definition) is 3. The highest BCUT2D eigenvalue weighted by atomic mass is 16.5. The third kappa shape index (κ3) is 5.47. The van der Waals surface area contributed by atoms with Crippen LogP contribution in [0.3, 0.4) is 0 Å². The van der Waals surface area contributed by atoms with Gasteiger partial charge in [0.2, 0.25) is 0 Å². The Bertz CT molecular complexity index is 311. The van der Waals surface area contributed by atoms with Gasteiger partial charge >= 0.3 is 6.03 Å². The maximum absolute atomic E-state index is 11.9. The number of methoxy groups -OCH3 is 1. The molecule has 1 unspecified atom stereocenters. The number of likely N-dealkylation sites (tertiary alicyclic amines) is 1. The van der Waals surface area contributed by atoms with Crippen molar-refractivity contribution in [1.82, 2.24) is 15.5 Å². The van der Waals surface area contributed by atoms with Crippen LogP contribution in [0, 0.1) is 0 Å². The molecule has 2 amide bonds. The smallest absolute Gasteiger partial charge is 0.315 e. The van der Waals surface area contributed by atoms with Crippen LogP contribution in [0.4, 0.5) is 4.79 Å². The monoisotopic (exact) mass is 297 g/mol. The molecule has 0 bridgehead atoms. The fourth-order valence-corrected chi connectivity index (χ4v) is 3.50. The second-order valence-corrected chi connectivity index (χ2v) is 6.55. The van der Waals surface area contributed by atoms with Crippen molar-refractivity contribution in [1.29, 1.82) is 0 Å². The molecule has 5 heteroatoms. The molecule has 0 spiro atoms. The van der Waals surface area contributed by atoms with Gasteiger partial charge in [-0.2, -0.15) is 0 Å². The summed E-state index contributed by atoms with van der Waals surface area (Å²) >= 11 is 0. The standard InChI is InChI=1S/C16H31N3O2/c1-13(9-12-21-2)17-16(20)18-14-7-10-19(11-8-14)15-5-3-4-6-15/h13-15H,3-12H2,1-2H3,(H2,17,18,20). The number of carbonyl (C=O) groups excluding carboxylic acids is 1. The Morgan fingerprint density at radius 3 is 2.52 bits per heavy atom. The van der Waals surface area contributed by atoms with Gasteiger partial charge in [0.05, 0.1) is 0 Å². The Balaban J connectivity index is 1.62. The molecule has 21 heavy (non-hydrogen) atoms. The summed E-state index contributed by atoms with van der Waals surface area (Å²) in [6.45, 7) is 4.96. The minimum Gasteiger partial charge on any atom is -0.385 e. The van der Waals surface area contributed by atoms with Crippen LogP contribution in [0.1, 0.15) is 51.9 Å². The van der Waals surface area contributed by atoms with Gasteiger partial charge in [-0.05, 0) is 39.0 Å². The molecule has 0 aromatic rings. The zero-order valence-electron chi connectivity index (χ0n) is 13.6. The van der Waals surface area contributed by atoms with Gasteiger partial charge in [-0.1, -0.05) is 12.8 Å². The van der Waals surface area contributed by atoms with Crippen molar-refractivity contribution in [2.45, 2.75) is 70.0 Å². The zero-order valence-corrected chi connectivity index (χ0v) is 13.6. The zero-order chi connectivity index (χ0) is 15.1. The lowest BCUT2D eigenvalue weighted by Crippen LogP contribution is -2.51. The summed E-state index contributed by atoms with van der Waals surface area (Å²) in [5.74, 6) is 0. The highest BCUT2D eigenvalue weighted by Crippen LogP contribution is 2.26. The molecule has 122 valence electrons. The molecule has 1 saturated carbocycles. The molecule has 2 aliphatic rings. The third-order valence-electron chi connectivity index (χ3n) is 4.84. The summed E-state index contributed by atoms with van der Waals surface area (Å²) in [5.41, 5.74) is 0. The second-order valence-electron chi connectivity index (χ2n) is 6.55. The van der Waals surface area contributed by atoms with Gasteiger partial charge in [-0.25, -0.2) is 4.79 Å². The third-order valence-corrected chi connectivity index (χ3v) is 4.84. The molecular formula is C16H31N3O2. The van der Waals surface area contributed by atoms with E-state index in [1.54, 1.807) is 7.11 Å². The van der Waals surface area contributed by atoms with E-state index in [1.807, 2.05) is 6.92 Å². The van der Waals surface area contributed by atoms with Crippen molar-refractivity contribution in [2.24, 2.45) is 0 Å². The molecule has 1 aliphatic heterocycles. The average Bonchev–Trinajstić information content (AvgIpc) is 3.00. The minimum atomic E-state index is -0.0297. The summed E-state index contributed by atoms with van der Waals surface area (Å²) in [4.78, 5) is 14.6. The SMILES string of the molecule is COCCC(C)NC(=O)NC1CCN(C2CCCC2)CC1. The first-order valence-electron chi connectivity index (χ1n) is 8.49. The lowest BCUT2D eigenvalue weighted by Gasteiger charge is -2.36. The first-order valence-corrected chi connectivity index (χ1v) is 8.49. The van der Waals surface area contributed by atoms with Crippen LogP contribution in [-0.2, 0) is 4.74 Å². The van der Waals surface area contributed by atoms with Crippen LogP contribution in [0.2, 0.25) is 0 Å². The number of nitrogens with zero attached hydrogens (tertiary/aromatic N) is 1. The molecule has 5 nitrogen and oxygen atoms in total. The number of piperidine rings is 1. The molecule has 1 aliphatic carbocycles. The number of ether oxygens (including phenoxy) is 1. The topological polar surface area (TPSA) is 53.6 Å². The lowest BCUT2D eigenvalue weighted by atomic mass is 10.0. The van der Waals surface area contributed by atoms with Crippen molar-refractivity contribution in [2.75, 3.05) is 26.8 Å². The van der Waals surface area contributed by atoms with Crippen LogP contribution >= 0.6 is 0 Å². The molecule has 2 fully saturated rings. The molecular weight excluding hydrogens is 266 g/mol. The number of urea groups is 1. The minimum absolute atomic E-state index is 0.0297. The summed E-state index contributed by atoms with van der Waals surface area (Å²) in [6, 6.07) is 1.27. The number of nitrogens with one attached hydrogen (secondary N) is 2. The Hall–Kier alpha value is -0.810. The maximum atomic E-state index is 11.9. The van der Waals surface area contributed by atoms with Gasteiger partial charge in [-0.3, -0.25) is 0 Å². The number of carbonyl (C=O) groups is 1. The van der Waals surface area contributed by atoms with Crippen LogP contribution in [-0.4, -0.2) is 55.9 Å². The van der Waals surface area contributed by atoms with Crippen molar-refractivity contribution in [3.8, 4) is 0 Å². The molecule has 0 aromatic heterocycles.